The molecule has 0 unspecified atom stereocenters. The molecule has 130 valence electrons. The van der Waals surface area contributed by atoms with E-state index in [1.807, 2.05) is 36.5 Å². The number of rotatable bonds is 2. The van der Waals surface area contributed by atoms with Crippen molar-refractivity contribution in [1.29, 1.82) is 0 Å². The third kappa shape index (κ3) is 2.92. The lowest BCUT2D eigenvalue weighted by Crippen LogP contribution is -2.10. The summed E-state index contributed by atoms with van der Waals surface area (Å²) in [6.07, 6.45) is 1.88. The summed E-state index contributed by atoms with van der Waals surface area (Å²) < 4.78 is 6.14. The van der Waals surface area contributed by atoms with E-state index in [2.05, 4.69) is 63.0 Å². The van der Waals surface area contributed by atoms with Crippen molar-refractivity contribution in [3.8, 4) is 11.6 Å². The van der Waals surface area contributed by atoms with Gasteiger partial charge in [0.15, 0.2) is 0 Å². The van der Waals surface area contributed by atoms with Gasteiger partial charge in [0.2, 0.25) is 5.88 Å². The van der Waals surface area contributed by atoms with E-state index in [9.17, 15) is 0 Å². The number of fused-ring (bicyclic) bond motifs is 3. The number of benzene rings is 3. The van der Waals surface area contributed by atoms with Gasteiger partial charge in [0.1, 0.15) is 5.75 Å². The fraction of sp³-hybridized carbons (Fsp3) is 0.208. The van der Waals surface area contributed by atoms with Crippen LogP contribution < -0.4 is 4.74 Å². The van der Waals surface area contributed by atoms with Gasteiger partial charge in [-0.2, -0.15) is 0 Å². The van der Waals surface area contributed by atoms with Gasteiger partial charge in [-0.05, 0) is 51.8 Å². The van der Waals surface area contributed by atoms with Crippen molar-refractivity contribution in [3.05, 3.63) is 78.0 Å². The summed E-state index contributed by atoms with van der Waals surface area (Å²) in [5.41, 5.74) is 2.61. The van der Waals surface area contributed by atoms with E-state index in [0.29, 0.717) is 5.88 Å². The maximum Gasteiger partial charge on any atom is 0.227 e. The Bertz CT molecular complexity index is 1090. The molecule has 1 heterocycles. The van der Waals surface area contributed by atoms with Crippen molar-refractivity contribution >= 4 is 21.5 Å². The van der Waals surface area contributed by atoms with E-state index in [-0.39, 0.29) is 5.41 Å². The van der Waals surface area contributed by atoms with E-state index in [1.165, 1.54) is 21.7 Å². The molecule has 2 heteroatoms. The zero-order valence-electron chi connectivity index (χ0n) is 15.7. The highest BCUT2D eigenvalue weighted by Crippen LogP contribution is 2.37. The molecule has 0 radical (unpaired) electrons. The largest absolute Gasteiger partial charge is 0.438 e. The maximum absolute atomic E-state index is 6.14. The smallest absolute Gasteiger partial charge is 0.227 e. The minimum atomic E-state index is 0.122. The van der Waals surface area contributed by atoms with Crippen molar-refractivity contribution < 1.29 is 4.74 Å². The molecule has 3 aromatic carbocycles. The van der Waals surface area contributed by atoms with E-state index in [0.717, 1.165) is 16.7 Å². The Hall–Kier alpha value is -2.87. The first-order valence-corrected chi connectivity index (χ1v) is 8.99. The summed E-state index contributed by atoms with van der Waals surface area (Å²) in [6.45, 7) is 8.82. The highest BCUT2D eigenvalue weighted by atomic mass is 16.5. The van der Waals surface area contributed by atoms with Crippen LogP contribution >= 0.6 is 0 Å². The van der Waals surface area contributed by atoms with Crippen molar-refractivity contribution in [2.75, 3.05) is 0 Å². The van der Waals surface area contributed by atoms with Crippen molar-refractivity contribution in [2.45, 2.75) is 33.1 Å². The number of hydrogen-bond donors (Lipinski definition) is 0. The second kappa shape index (κ2) is 6.14. The van der Waals surface area contributed by atoms with Crippen LogP contribution in [0.15, 0.2) is 66.9 Å². The van der Waals surface area contributed by atoms with Gasteiger partial charge in [0, 0.05) is 6.20 Å². The number of aryl methyl sites for hydroxylation is 1. The van der Waals surface area contributed by atoms with Gasteiger partial charge in [0.25, 0.3) is 0 Å². The Balaban J connectivity index is 1.97. The maximum atomic E-state index is 6.14. The van der Waals surface area contributed by atoms with Gasteiger partial charge in [-0.1, -0.05) is 69.3 Å². The number of pyridine rings is 1. The predicted octanol–water partition coefficient (Wildman–Crippen LogP) is 6.79. The molecule has 0 amide bonds. The van der Waals surface area contributed by atoms with Gasteiger partial charge >= 0.3 is 0 Å². The first-order chi connectivity index (χ1) is 12.4. The standard InChI is InChI=1S/C24H23NO/c1-16-15-25-23(26-19-8-6-5-7-9-19)22-20(16)12-10-17-14-18(24(2,3)4)11-13-21(17)22/h5-15H,1-4H3. The molecule has 0 N–H and O–H groups in total. The summed E-state index contributed by atoms with van der Waals surface area (Å²) in [7, 11) is 0. The highest BCUT2D eigenvalue weighted by molar-refractivity contribution is 6.11. The van der Waals surface area contributed by atoms with Crippen molar-refractivity contribution in [1.82, 2.24) is 4.98 Å². The SMILES string of the molecule is Cc1cnc(Oc2ccccc2)c2c1ccc1cc(C(C)(C)C)ccc12. The molecule has 0 fully saturated rings. The van der Waals surface area contributed by atoms with Gasteiger partial charge in [0.05, 0.1) is 5.39 Å². The molecule has 4 aromatic rings. The van der Waals surface area contributed by atoms with E-state index in [4.69, 9.17) is 4.74 Å². The number of nitrogens with zero attached hydrogens (tertiary/aromatic N) is 1. The van der Waals surface area contributed by atoms with Crippen LogP contribution in [-0.2, 0) is 5.41 Å². The summed E-state index contributed by atoms with van der Waals surface area (Å²) in [5, 5.41) is 4.65. The lowest BCUT2D eigenvalue weighted by molar-refractivity contribution is 0.469. The summed E-state index contributed by atoms with van der Waals surface area (Å²) >= 11 is 0. The first-order valence-electron chi connectivity index (χ1n) is 8.99. The Morgan fingerprint density at radius 1 is 0.846 bits per heavy atom. The lowest BCUT2D eigenvalue weighted by Gasteiger charge is -2.20. The van der Waals surface area contributed by atoms with E-state index in [1.54, 1.807) is 0 Å². The van der Waals surface area contributed by atoms with Crippen LogP contribution in [0.3, 0.4) is 0 Å². The number of aromatic nitrogens is 1. The predicted molar refractivity (Wildman–Crippen MR) is 109 cm³/mol. The molecule has 0 bridgehead atoms. The molecule has 0 aliphatic carbocycles. The molecule has 0 aliphatic heterocycles. The Labute approximate surface area is 154 Å². The lowest BCUT2D eigenvalue weighted by atomic mass is 9.85. The Kier molecular flexibility index (Phi) is 3.91. The summed E-state index contributed by atoms with van der Waals surface area (Å²) in [4.78, 5) is 4.60. The van der Waals surface area contributed by atoms with Crippen LogP contribution in [0.25, 0.3) is 21.5 Å². The second-order valence-corrected chi connectivity index (χ2v) is 7.84. The fourth-order valence-corrected chi connectivity index (χ4v) is 3.32. The van der Waals surface area contributed by atoms with E-state index < -0.39 is 0 Å². The second-order valence-electron chi connectivity index (χ2n) is 7.84. The van der Waals surface area contributed by atoms with Crippen LogP contribution in [0.2, 0.25) is 0 Å². The highest BCUT2D eigenvalue weighted by Gasteiger charge is 2.16. The Morgan fingerprint density at radius 2 is 1.58 bits per heavy atom. The van der Waals surface area contributed by atoms with Gasteiger partial charge in [-0.3, -0.25) is 0 Å². The monoisotopic (exact) mass is 341 g/mol. The summed E-state index contributed by atoms with van der Waals surface area (Å²) in [5.74, 6) is 1.46. The number of ether oxygens (including phenoxy) is 1. The molecule has 0 aliphatic rings. The average molecular weight is 341 g/mol. The molecule has 0 spiro atoms. The topological polar surface area (TPSA) is 22.1 Å². The van der Waals surface area contributed by atoms with Crippen LogP contribution in [0, 0.1) is 6.92 Å². The molecular weight excluding hydrogens is 318 g/mol. The van der Waals surface area contributed by atoms with Crippen LogP contribution in [0.1, 0.15) is 31.9 Å². The third-order valence-electron chi connectivity index (χ3n) is 4.86. The Morgan fingerprint density at radius 3 is 2.31 bits per heavy atom. The minimum absolute atomic E-state index is 0.122. The molecule has 26 heavy (non-hydrogen) atoms. The van der Waals surface area contributed by atoms with E-state index >= 15 is 0 Å². The fourth-order valence-electron chi connectivity index (χ4n) is 3.32. The molecular formula is C24H23NO. The minimum Gasteiger partial charge on any atom is -0.438 e. The zero-order chi connectivity index (χ0) is 18.3. The number of para-hydroxylation sites is 1. The van der Waals surface area contributed by atoms with Crippen LogP contribution in [0.4, 0.5) is 0 Å². The van der Waals surface area contributed by atoms with Gasteiger partial charge in [-0.15, -0.1) is 0 Å². The quantitative estimate of drug-likeness (QED) is 0.375. The molecule has 0 saturated heterocycles. The molecule has 2 nitrogen and oxygen atoms in total. The van der Waals surface area contributed by atoms with Crippen molar-refractivity contribution in [2.24, 2.45) is 0 Å². The molecule has 4 rings (SSSR count). The zero-order valence-corrected chi connectivity index (χ0v) is 15.7. The molecule has 1 aromatic heterocycles. The van der Waals surface area contributed by atoms with Gasteiger partial charge < -0.3 is 4.74 Å². The third-order valence-corrected chi connectivity index (χ3v) is 4.86. The summed E-state index contributed by atoms with van der Waals surface area (Å²) in [6, 6.07) is 20.9. The molecule has 0 atom stereocenters. The average Bonchev–Trinajstić information content (AvgIpc) is 2.63. The van der Waals surface area contributed by atoms with Crippen molar-refractivity contribution in [3.63, 3.8) is 0 Å². The van der Waals surface area contributed by atoms with Crippen LogP contribution in [-0.4, -0.2) is 4.98 Å². The van der Waals surface area contributed by atoms with Crippen LogP contribution in [0.5, 0.6) is 11.6 Å². The van der Waals surface area contributed by atoms with Gasteiger partial charge in [-0.25, -0.2) is 4.98 Å². The molecule has 0 saturated carbocycles. The first kappa shape index (κ1) is 16.6. The normalized spacial score (nSPS) is 11.8. The number of hydrogen-bond acceptors (Lipinski definition) is 2.